The summed E-state index contributed by atoms with van der Waals surface area (Å²) < 4.78 is 0. The topological polar surface area (TPSA) is 101 Å². The predicted molar refractivity (Wildman–Crippen MR) is 87.2 cm³/mol. The molecule has 124 valence electrons. The second-order valence-electron chi connectivity index (χ2n) is 5.12. The van der Waals surface area contributed by atoms with Crippen molar-refractivity contribution >= 4 is 34.5 Å². The molecule has 23 heavy (non-hydrogen) atoms. The maximum absolute atomic E-state index is 12.6. The van der Waals surface area contributed by atoms with Crippen LogP contribution in [-0.4, -0.2) is 39.2 Å². The Bertz CT molecular complexity index is 602. The number of rotatable bonds is 7. The first-order chi connectivity index (χ1) is 10.7. The molecule has 1 unspecified atom stereocenters. The average Bonchev–Trinajstić information content (AvgIpc) is 2.51. The third-order valence-corrected chi connectivity index (χ3v) is 4.41. The molecule has 1 amide bonds. The highest BCUT2D eigenvalue weighted by Crippen LogP contribution is 2.25. The number of benzene rings is 1. The highest BCUT2D eigenvalue weighted by molar-refractivity contribution is 8.14. The summed E-state index contributed by atoms with van der Waals surface area (Å²) in [6.45, 7) is 4.16. The van der Waals surface area contributed by atoms with Crippen LogP contribution in [0.5, 0.6) is 0 Å². The van der Waals surface area contributed by atoms with Crippen molar-refractivity contribution in [2.24, 2.45) is 5.92 Å². The number of carbonyl (C=O) groups is 4. The molecule has 2 N–H and O–H groups in total. The number of thioether (sulfide) groups is 1. The SMILES string of the molecule is CC(=O)S[C@@H](C(=O)c1ccccc1)C(C)C(=O)N[C@@H](C)C(=O)O. The van der Waals surface area contributed by atoms with E-state index in [9.17, 15) is 19.2 Å². The van der Waals surface area contributed by atoms with E-state index in [1.165, 1.54) is 20.8 Å². The van der Waals surface area contributed by atoms with Gasteiger partial charge in [-0.3, -0.25) is 19.2 Å². The number of Topliss-reactive ketones (excluding diaryl/α,β-unsaturated/α-hetero) is 1. The van der Waals surface area contributed by atoms with E-state index in [1.807, 2.05) is 0 Å². The van der Waals surface area contributed by atoms with Crippen LogP contribution >= 0.6 is 11.8 Å². The molecule has 0 spiro atoms. The summed E-state index contributed by atoms with van der Waals surface area (Å²) in [4.78, 5) is 47.0. The zero-order valence-electron chi connectivity index (χ0n) is 13.1. The van der Waals surface area contributed by atoms with Crippen LogP contribution in [0.4, 0.5) is 0 Å². The third-order valence-electron chi connectivity index (χ3n) is 3.21. The normalized spacial score (nSPS) is 14.4. The lowest BCUT2D eigenvalue weighted by molar-refractivity contribution is -0.141. The van der Waals surface area contributed by atoms with Gasteiger partial charge >= 0.3 is 5.97 Å². The van der Waals surface area contributed by atoms with Gasteiger partial charge in [-0.15, -0.1) is 0 Å². The van der Waals surface area contributed by atoms with Gasteiger partial charge < -0.3 is 10.4 Å². The Morgan fingerprint density at radius 1 is 1.09 bits per heavy atom. The first-order valence-electron chi connectivity index (χ1n) is 7.03. The van der Waals surface area contributed by atoms with E-state index in [0.29, 0.717) is 5.56 Å². The Kier molecular flexibility index (Phi) is 6.96. The van der Waals surface area contributed by atoms with Gasteiger partial charge in [0.15, 0.2) is 10.9 Å². The lowest BCUT2D eigenvalue weighted by atomic mass is 9.98. The van der Waals surface area contributed by atoms with E-state index < -0.39 is 29.1 Å². The monoisotopic (exact) mass is 337 g/mol. The Morgan fingerprint density at radius 2 is 1.65 bits per heavy atom. The van der Waals surface area contributed by atoms with Crippen molar-refractivity contribution in [2.45, 2.75) is 32.1 Å². The van der Waals surface area contributed by atoms with Gasteiger partial charge in [-0.25, -0.2) is 0 Å². The summed E-state index contributed by atoms with van der Waals surface area (Å²) in [5, 5.41) is 9.97. The molecule has 1 aromatic carbocycles. The molecule has 0 aliphatic heterocycles. The minimum atomic E-state index is -1.17. The fourth-order valence-electron chi connectivity index (χ4n) is 1.87. The van der Waals surface area contributed by atoms with Crippen LogP contribution < -0.4 is 5.32 Å². The second kappa shape index (κ2) is 8.47. The predicted octanol–water partition coefficient (Wildman–Crippen LogP) is 1.74. The fourth-order valence-corrected chi connectivity index (χ4v) is 2.80. The number of hydrogen-bond donors (Lipinski definition) is 2. The highest BCUT2D eigenvalue weighted by Gasteiger charge is 2.33. The van der Waals surface area contributed by atoms with Gasteiger partial charge in [-0.2, -0.15) is 0 Å². The zero-order chi connectivity index (χ0) is 17.6. The van der Waals surface area contributed by atoms with Gasteiger partial charge in [0.25, 0.3) is 0 Å². The van der Waals surface area contributed by atoms with Crippen molar-refractivity contribution in [2.75, 3.05) is 0 Å². The van der Waals surface area contributed by atoms with Crippen molar-refractivity contribution < 1.29 is 24.3 Å². The number of ketones is 1. The molecule has 0 heterocycles. The highest BCUT2D eigenvalue weighted by atomic mass is 32.2. The zero-order valence-corrected chi connectivity index (χ0v) is 13.9. The molecule has 1 rings (SSSR count). The molecule has 3 atom stereocenters. The number of carboxylic acids is 1. The van der Waals surface area contributed by atoms with Crippen LogP contribution in [0.25, 0.3) is 0 Å². The van der Waals surface area contributed by atoms with E-state index in [2.05, 4.69) is 5.32 Å². The summed E-state index contributed by atoms with van der Waals surface area (Å²) in [6, 6.07) is 7.30. The number of aliphatic carboxylic acids is 1. The molecule has 0 aliphatic rings. The quantitative estimate of drug-likeness (QED) is 0.735. The van der Waals surface area contributed by atoms with Crippen molar-refractivity contribution in [1.82, 2.24) is 5.32 Å². The maximum atomic E-state index is 12.6. The van der Waals surface area contributed by atoms with Gasteiger partial charge in [0.05, 0.1) is 11.2 Å². The largest absolute Gasteiger partial charge is 0.480 e. The maximum Gasteiger partial charge on any atom is 0.325 e. The van der Waals surface area contributed by atoms with E-state index in [1.54, 1.807) is 30.3 Å². The molecule has 0 bridgehead atoms. The minimum Gasteiger partial charge on any atom is -0.480 e. The van der Waals surface area contributed by atoms with E-state index >= 15 is 0 Å². The number of amides is 1. The third kappa shape index (κ3) is 5.52. The Balaban J connectivity index is 2.97. The molecule has 0 fully saturated rings. The summed E-state index contributed by atoms with van der Waals surface area (Å²) in [5.41, 5.74) is 0.400. The number of hydrogen-bond acceptors (Lipinski definition) is 5. The smallest absolute Gasteiger partial charge is 0.325 e. The molecule has 0 aromatic heterocycles. The van der Waals surface area contributed by atoms with Crippen molar-refractivity contribution in [1.29, 1.82) is 0 Å². The molecule has 6 nitrogen and oxygen atoms in total. The average molecular weight is 337 g/mol. The molecule has 0 aliphatic carbocycles. The van der Waals surface area contributed by atoms with Crippen LogP contribution in [0, 0.1) is 5.92 Å². The lowest BCUT2D eigenvalue weighted by Crippen LogP contribution is -2.45. The van der Waals surface area contributed by atoms with Crippen LogP contribution in [0.3, 0.4) is 0 Å². The van der Waals surface area contributed by atoms with Gasteiger partial charge in [0, 0.05) is 12.5 Å². The summed E-state index contributed by atoms with van der Waals surface area (Å²) in [6.07, 6.45) is 0. The Morgan fingerprint density at radius 3 is 2.13 bits per heavy atom. The van der Waals surface area contributed by atoms with Gasteiger partial charge in [0.2, 0.25) is 5.91 Å². The number of carbonyl (C=O) groups excluding carboxylic acids is 3. The van der Waals surface area contributed by atoms with Gasteiger partial charge in [-0.1, -0.05) is 49.0 Å². The van der Waals surface area contributed by atoms with Crippen molar-refractivity contribution in [3.8, 4) is 0 Å². The van der Waals surface area contributed by atoms with E-state index in [0.717, 1.165) is 11.8 Å². The van der Waals surface area contributed by atoms with E-state index in [4.69, 9.17) is 5.11 Å². The number of nitrogens with one attached hydrogen (secondary N) is 1. The van der Waals surface area contributed by atoms with Gasteiger partial charge in [0.1, 0.15) is 6.04 Å². The Hall–Kier alpha value is -2.15. The molecule has 0 saturated carbocycles. The first kappa shape index (κ1) is 18.9. The van der Waals surface area contributed by atoms with Crippen LogP contribution in [0.1, 0.15) is 31.1 Å². The van der Waals surface area contributed by atoms with Crippen LogP contribution in [0.2, 0.25) is 0 Å². The number of carboxylic acid groups (broad SMARTS) is 1. The molecule has 1 aromatic rings. The standard InChI is InChI=1S/C16H19NO5S/c1-9(15(20)17-10(2)16(21)22)14(23-11(3)18)13(19)12-7-5-4-6-8-12/h4-10,14H,1-3H3,(H,17,20)(H,21,22)/t9?,10-,14+/m0/s1. The Labute approximate surface area is 138 Å². The van der Waals surface area contributed by atoms with E-state index in [-0.39, 0.29) is 10.9 Å². The van der Waals surface area contributed by atoms with Gasteiger partial charge in [-0.05, 0) is 6.92 Å². The molecular weight excluding hydrogens is 318 g/mol. The summed E-state index contributed by atoms with van der Waals surface area (Å²) >= 11 is 0.778. The second-order valence-corrected chi connectivity index (χ2v) is 6.44. The fraction of sp³-hybridized carbons (Fsp3) is 0.375. The van der Waals surface area contributed by atoms with Crippen LogP contribution in [-0.2, 0) is 14.4 Å². The lowest BCUT2D eigenvalue weighted by Gasteiger charge is -2.22. The molecule has 0 radical (unpaired) electrons. The summed E-state index contributed by atoms with van der Waals surface area (Å²) in [7, 11) is 0. The summed E-state index contributed by atoms with van der Waals surface area (Å²) in [5.74, 6) is -2.94. The van der Waals surface area contributed by atoms with Crippen molar-refractivity contribution in [3.63, 3.8) is 0 Å². The molecule has 7 heteroatoms. The first-order valence-corrected chi connectivity index (χ1v) is 7.91. The minimum absolute atomic E-state index is 0.287. The molecule has 0 saturated heterocycles. The van der Waals surface area contributed by atoms with Crippen LogP contribution in [0.15, 0.2) is 30.3 Å². The molecular formula is C16H19NO5S. The van der Waals surface area contributed by atoms with Crippen molar-refractivity contribution in [3.05, 3.63) is 35.9 Å².